The molecule has 8 rings (SSSR count). The predicted octanol–water partition coefficient (Wildman–Crippen LogP) is 9.41. The molecule has 3 N–H and O–H groups in total. The topological polar surface area (TPSA) is 133 Å². The van der Waals surface area contributed by atoms with Gasteiger partial charge in [0.15, 0.2) is 5.78 Å². The molecular formula is C51H74N2O7. The van der Waals surface area contributed by atoms with Crippen molar-refractivity contribution in [2.45, 2.75) is 158 Å². The van der Waals surface area contributed by atoms with Gasteiger partial charge in [0.25, 0.3) is 5.91 Å². The van der Waals surface area contributed by atoms with E-state index in [2.05, 4.69) is 58.7 Å². The first kappa shape index (κ1) is 43.4. The van der Waals surface area contributed by atoms with Crippen molar-refractivity contribution in [1.82, 2.24) is 5.32 Å². The van der Waals surface area contributed by atoms with Crippen LogP contribution in [0.2, 0.25) is 0 Å². The van der Waals surface area contributed by atoms with E-state index in [-0.39, 0.29) is 63.0 Å². The van der Waals surface area contributed by atoms with Crippen LogP contribution in [0.25, 0.3) is 0 Å². The number of hydrogen-bond acceptors (Lipinski definition) is 7. The fraction of sp³-hybridized carbons (Fsp3) is 0.765. The lowest BCUT2D eigenvalue weighted by Gasteiger charge is -2.72. The number of ether oxygens (including phenoxy) is 1. The molecule has 7 aliphatic rings. The number of benzene rings is 1. The highest BCUT2D eigenvalue weighted by atomic mass is 16.5. The van der Waals surface area contributed by atoms with Gasteiger partial charge in [-0.15, -0.1) is 0 Å². The number of fused-ring (bicyclic) bond motifs is 7. The molecule has 0 radical (unpaired) electrons. The van der Waals surface area contributed by atoms with Crippen LogP contribution in [0.15, 0.2) is 35.4 Å². The van der Waals surface area contributed by atoms with Crippen molar-refractivity contribution in [2.24, 2.45) is 68.0 Å². The van der Waals surface area contributed by atoms with Gasteiger partial charge >= 0.3 is 11.9 Å². The van der Waals surface area contributed by atoms with Crippen molar-refractivity contribution in [3.05, 3.63) is 41.0 Å². The van der Waals surface area contributed by atoms with Crippen LogP contribution in [0.1, 0.15) is 156 Å². The third kappa shape index (κ3) is 6.53. The van der Waals surface area contributed by atoms with Gasteiger partial charge in [-0.1, -0.05) is 67.9 Å². The molecule has 0 bridgehead atoms. The molecule has 1 aromatic rings. The average Bonchev–Trinajstić information content (AvgIpc) is 3.48. The van der Waals surface area contributed by atoms with E-state index < -0.39 is 17.3 Å². The molecule has 0 spiro atoms. The Labute approximate surface area is 359 Å². The molecule has 6 aliphatic carbocycles. The zero-order chi connectivity index (χ0) is 43.4. The van der Waals surface area contributed by atoms with Gasteiger partial charge in [-0.05, 0) is 152 Å². The van der Waals surface area contributed by atoms with Gasteiger partial charge in [0, 0.05) is 48.1 Å². The van der Waals surface area contributed by atoms with Crippen LogP contribution in [-0.2, 0) is 19.1 Å². The van der Waals surface area contributed by atoms with Crippen molar-refractivity contribution in [3.63, 3.8) is 0 Å². The van der Waals surface area contributed by atoms with Crippen LogP contribution < -0.4 is 10.2 Å². The molecule has 330 valence electrons. The number of aliphatic hydroxyl groups is 1. The lowest BCUT2D eigenvalue weighted by molar-refractivity contribution is -0.236. The number of allylic oxidation sites excluding steroid dienone is 2. The Bertz CT molecular complexity index is 1930. The molecule has 1 amide bonds. The van der Waals surface area contributed by atoms with Gasteiger partial charge < -0.3 is 25.2 Å². The van der Waals surface area contributed by atoms with E-state index in [1.807, 2.05) is 38.1 Å². The van der Waals surface area contributed by atoms with E-state index in [9.17, 15) is 29.4 Å². The normalized spacial score (nSPS) is 39.5. The summed E-state index contributed by atoms with van der Waals surface area (Å²) in [4.78, 5) is 55.4. The number of carboxylic acid groups (broad SMARTS) is 1. The van der Waals surface area contributed by atoms with Crippen molar-refractivity contribution >= 4 is 29.3 Å². The summed E-state index contributed by atoms with van der Waals surface area (Å²) in [5.41, 5.74) is 3.42. The van der Waals surface area contributed by atoms with E-state index in [4.69, 9.17) is 4.74 Å². The largest absolute Gasteiger partial charge is 0.481 e. The summed E-state index contributed by atoms with van der Waals surface area (Å²) in [6.07, 6.45) is 11.1. The Kier molecular flexibility index (Phi) is 10.8. The molecule has 0 aromatic heterocycles. The number of hydrogen-bond donors (Lipinski definition) is 3. The first-order valence-corrected chi connectivity index (χ1v) is 23.6. The number of carbonyl (C=O) groups is 4. The Balaban J connectivity index is 0.979. The van der Waals surface area contributed by atoms with Gasteiger partial charge in [0.1, 0.15) is 6.10 Å². The monoisotopic (exact) mass is 827 g/mol. The Hall–Kier alpha value is -3.20. The van der Waals surface area contributed by atoms with Crippen LogP contribution >= 0.6 is 0 Å². The fourth-order valence-electron chi connectivity index (χ4n) is 15.7. The summed E-state index contributed by atoms with van der Waals surface area (Å²) in [6, 6.07) is 7.84. The second-order valence-corrected chi connectivity index (χ2v) is 23.0. The minimum absolute atomic E-state index is 0.0366. The number of carbonyl (C=O) groups excluding carboxylic acids is 3. The number of amides is 1. The summed E-state index contributed by atoms with van der Waals surface area (Å²) in [5, 5.41) is 22.9. The zero-order valence-corrected chi connectivity index (χ0v) is 38.1. The Morgan fingerprint density at radius 3 is 2.13 bits per heavy atom. The van der Waals surface area contributed by atoms with E-state index in [1.165, 1.54) is 5.57 Å². The van der Waals surface area contributed by atoms with Crippen LogP contribution in [0, 0.1) is 68.0 Å². The lowest BCUT2D eigenvalue weighted by Crippen LogP contribution is -2.66. The van der Waals surface area contributed by atoms with E-state index >= 15 is 0 Å². The molecular weight excluding hydrogens is 753 g/mol. The number of piperidine rings is 1. The first-order valence-electron chi connectivity index (χ1n) is 23.6. The van der Waals surface area contributed by atoms with Crippen molar-refractivity contribution in [3.8, 4) is 0 Å². The van der Waals surface area contributed by atoms with Crippen LogP contribution in [0.5, 0.6) is 0 Å². The minimum atomic E-state index is -0.829. The van der Waals surface area contributed by atoms with E-state index in [0.29, 0.717) is 48.5 Å². The van der Waals surface area contributed by atoms with E-state index in [0.717, 1.165) is 95.0 Å². The third-order valence-electron chi connectivity index (χ3n) is 19.5. The molecule has 9 nitrogen and oxygen atoms in total. The molecule has 1 heterocycles. The number of rotatable bonds is 9. The summed E-state index contributed by atoms with van der Waals surface area (Å²) in [7, 11) is 0. The van der Waals surface area contributed by atoms with Crippen LogP contribution in [-0.4, -0.2) is 65.7 Å². The van der Waals surface area contributed by atoms with Gasteiger partial charge in [0.2, 0.25) is 0 Å². The Morgan fingerprint density at radius 2 is 1.50 bits per heavy atom. The van der Waals surface area contributed by atoms with Gasteiger partial charge in [-0.2, -0.15) is 0 Å². The second kappa shape index (κ2) is 15.0. The average molecular weight is 827 g/mol. The first-order chi connectivity index (χ1) is 28.1. The second-order valence-electron chi connectivity index (χ2n) is 23.0. The number of anilines is 1. The number of esters is 1. The standard InChI is InChI=1S/C51H74N2O7/c1-30(2)41-37(55)29-51(24-25-52-43(56)31-10-12-32(13-11-31)53-26-18-33(54)19-27-53)23-22-49(8)34(42(41)51)14-15-39-48(7)20-17-40(47(5,6)38(48)16-21-50(39,49)9)60-45(59)36-28-35(44(57)58)46(36,3)4/h10-13,30,33-36,38-40,54H,14-29H2,1-9H3,(H,52,56)(H,57,58)/t34-,35+,36-,38+,39-,40+,48+,49-,50-,51-/m1/s1. The maximum atomic E-state index is 14.2. The van der Waals surface area contributed by atoms with Gasteiger partial charge in [-0.25, -0.2) is 0 Å². The SMILES string of the molecule is CC(C)C1=C2[C@H]3CC[C@@H]4[C@@]5(C)CC[C@H](OC(=O)[C@H]6C[C@@H](C(=O)O)C6(C)C)C(C)(C)[C@@H]5CC[C@@]4(C)[C@]3(C)CC[C@@]2(CCNC(=O)c2ccc(N3CCC(O)CC3)cc2)CC1=O. The number of nitrogens with zero attached hydrogens (tertiary/aromatic N) is 1. The summed E-state index contributed by atoms with van der Waals surface area (Å²) >= 11 is 0. The molecule has 60 heavy (non-hydrogen) atoms. The molecule has 1 aliphatic heterocycles. The number of nitrogens with one attached hydrogen (secondary N) is 1. The number of carboxylic acids is 1. The quantitative estimate of drug-likeness (QED) is 0.210. The number of ketones is 1. The Morgan fingerprint density at radius 1 is 0.817 bits per heavy atom. The summed E-state index contributed by atoms with van der Waals surface area (Å²) in [6.45, 7) is 22.7. The predicted molar refractivity (Wildman–Crippen MR) is 233 cm³/mol. The van der Waals surface area contributed by atoms with Crippen molar-refractivity contribution in [2.75, 3.05) is 24.5 Å². The third-order valence-corrected chi connectivity index (χ3v) is 19.5. The number of Topliss-reactive ketones (excluding diaryl/α,β-unsaturated/α-hetero) is 1. The molecule has 9 heteroatoms. The van der Waals surface area contributed by atoms with Gasteiger partial charge in [-0.3, -0.25) is 19.2 Å². The van der Waals surface area contributed by atoms with E-state index in [1.54, 1.807) is 0 Å². The highest BCUT2D eigenvalue weighted by molar-refractivity contribution is 6.00. The van der Waals surface area contributed by atoms with Crippen LogP contribution in [0.4, 0.5) is 5.69 Å². The number of aliphatic carboxylic acids is 1. The fourth-order valence-corrected chi connectivity index (χ4v) is 15.7. The minimum Gasteiger partial charge on any atom is -0.481 e. The molecule has 5 saturated carbocycles. The van der Waals surface area contributed by atoms with Crippen molar-refractivity contribution < 1.29 is 34.1 Å². The zero-order valence-electron chi connectivity index (χ0n) is 38.1. The maximum absolute atomic E-state index is 14.2. The van der Waals surface area contributed by atoms with Crippen LogP contribution in [0.3, 0.4) is 0 Å². The molecule has 6 fully saturated rings. The lowest BCUT2D eigenvalue weighted by atomic mass is 9.33. The van der Waals surface area contributed by atoms with Crippen molar-refractivity contribution in [1.29, 1.82) is 0 Å². The maximum Gasteiger partial charge on any atom is 0.309 e. The summed E-state index contributed by atoms with van der Waals surface area (Å²) in [5.74, 6) is -0.288. The number of aliphatic hydroxyl groups excluding tert-OH is 1. The highest BCUT2D eigenvalue weighted by Crippen LogP contribution is 2.77. The summed E-state index contributed by atoms with van der Waals surface area (Å²) < 4.78 is 6.44. The molecule has 10 atom stereocenters. The van der Waals surface area contributed by atoms with Gasteiger partial charge in [0.05, 0.1) is 17.9 Å². The molecule has 1 aromatic carbocycles. The highest BCUT2D eigenvalue weighted by Gasteiger charge is 2.70. The molecule has 1 saturated heterocycles. The molecule has 0 unspecified atom stereocenters. The smallest absolute Gasteiger partial charge is 0.309 e.